The molecular formula is C16H15BrF3N. The molecular weight excluding hydrogens is 343 g/mol. The largest absolute Gasteiger partial charge is 0.306 e. The molecule has 1 N–H and O–H groups in total. The van der Waals surface area contributed by atoms with Gasteiger partial charge < -0.3 is 5.32 Å². The third-order valence-corrected chi connectivity index (χ3v) is 3.94. The molecule has 112 valence electrons. The van der Waals surface area contributed by atoms with Crippen LogP contribution in [0.4, 0.5) is 13.2 Å². The summed E-state index contributed by atoms with van der Waals surface area (Å²) < 4.78 is 42.4. The number of aryl methyl sites for hydroxylation is 1. The van der Waals surface area contributed by atoms with Crippen molar-refractivity contribution in [3.05, 3.63) is 68.9 Å². The van der Waals surface area contributed by atoms with E-state index in [0.29, 0.717) is 22.1 Å². The molecule has 0 bridgehead atoms. The Labute approximate surface area is 130 Å². The Balaban J connectivity index is 2.58. The van der Waals surface area contributed by atoms with E-state index in [2.05, 4.69) is 21.2 Å². The van der Waals surface area contributed by atoms with Crippen LogP contribution in [0.1, 0.15) is 29.7 Å². The van der Waals surface area contributed by atoms with E-state index in [4.69, 9.17) is 0 Å². The molecule has 0 fully saturated rings. The molecule has 0 spiro atoms. The summed E-state index contributed by atoms with van der Waals surface area (Å²) in [4.78, 5) is 0. The smallest absolute Gasteiger partial charge is 0.137 e. The lowest BCUT2D eigenvalue weighted by Crippen LogP contribution is -2.24. The van der Waals surface area contributed by atoms with Gasteiger partial charge in [-0.15, -0.1) is 0 Å². The lowest BCUT2D eigenvalue weighted by atomic mass is 9.96. The summed E-state index contributed by atoms with van der Waals surface area (Å²) >= 11 is 3.07. The quantitative estimate of drug-likeness (QED) is 0.822. The minimum atomic E-state index is -0.738. The zero-order chi connectivity index (χ0) is 15.6. The van der Waals surface area contributed by atoms with Crippen molar-refractivity contribution in [2.75, 3.05) is 6.54 Å². The Morgan fingerprint density at radius 1 is 1.10 bits per heavy atom. The zero-order valence-electron chi connectivity index (χ0n) is 11.7. The van der Waals surface area contributed by atoms with E-state index >= 15 is 0 Å². The van der Waals surface area contributed by atoms with Crippen LogP contribution in [0.25, 0.3) is 0 Å². The molecule has 2 rings (SSSR count). The summed E-state index contributed by atoms with van der Waals surface area (Å²) in [6.45, 7) is 3.90. The van der Waals surface area contributed by atoms with Crippen LogP contribution in [-0.2, 0) is 0 Å². The van der Waals surface area contributed by atoms with E-state index in [-0.39, 0.29) is 5.56 Å². The van der Waals surface area contributed by atoms with Crippen LogP contribution >= 0.6 is 15.9 Å². The first-order valence-corrected chi connectivity index (χ1v) is 7.37. The van der Waals surface area contributed by atoms with Crippen molar-refractivity contribution in [3.63, 3.8) is 0 Å². The van der Waals surface area contributed by atoms with Gasteiger partial charge in [0.2, 0.25) is 0 Å². The highest BCUT2D eigenvalue weighted by atomic mass is 79.9. The summed E-state index contributed by atoms with van der Waals surface area (Å²) in [5, 5.41) is 3.01. The van der Waals surface area contributed by atoms with Gasteiger partial charge in [0.25, 0.3) is 0 Å². The van der Waals surface area contributed by atoms with Crippen LogP contribution < -0.4 is 5.32 Å². The third-order valence-electron chi connectivity index (χ3n) is 3.29. The van der Waals surface area contributed by atoms with E-state index in [1.807, 2.05) is 6.92 Å². The van der Waals surface area contributed by atoms with Crippen LogP contribution in [0.2, 0.25) is 0 Å². The highest BCUT2D eigenvalue weighted by Crippen LogP contribution is 2.30. The second-order valence-electron chi connectivity index (χ2n) is 4.76. The van der Waals surface area contributed by atoms with Crippen molar-refractivity contribution >= 4 is 15.9 Å². The summed E-state index contributed by atoms with van der Waals surface area (Å²) in [5.74, 6) is -1.72. The fourth-order valence-corrected chi connectivity index (χ4v) is 2.47. The van der Waals surface area contributed by atoms with E-state index in [9.17, 15) is 13.2 Å². The van der Waals surface area contributed by atoms with Gasteiger partial charge in [-0.3, -0.25) is 0 Å². The Bertz CT molecular complexity index is 658. The van der Waals surface area contributed by atoms with Crippen molar-refractivity contribution in [2.24, 2.45) is 0 Å². The first-order chi connectivity index (χ1) is 9.95. The molecule has 1 unspecified atom stereocenters. The predicted molar refractivity (Wildman–Crippen MR) is 80.7 cm³/mol. The average molecular weight is 358 g/mol. The second-order valence-corrected chi connectivity index (χ2v) is 5.61. The van der Waals surface area contributed by atoms with Crippen LogP contribution in [0, 0.1) is 24.4 Å². The van der Waals surface area contributed by atoms with Crippen LogP contribution in [0.3, 0.4) is 0 Å². The fourth-order valence-electron chi connectivity index (χ4n) is 2.23. The Morgan fingerprint density at radius 3 is 2.43 bits per heavy atom. The topological polar surface area (TPSA) is 12.0 Å². The van der Waals surface area contributed by atoms with Gasteiger partial charge in [0.1, 0.15) is 17.5 Å². The Kier molecular flexibility index (Phi) is 5.06. The maximum atomic E-state index is 14.3. The lowest BCUT2D eigenvalue weighted by molar-refractivity contribution is 0.504. The number of benzene rings is 2. The maximum Gasteiger partial charge on any atom is 0.137 e. The first kappa shape index (κ1) is 16.0. The van der Waals surface area contributed by atoms with Gasteiger partial charge in [0.05, 0.1) is 10.5 Å². The normalized spacial score (nSPS) is 12.5. The Hall–Kier alpha value is -1.33. The molecule has 5 heteroatoms. The number of hydrogen-bond donors (Lipinski definition) is 1. The van der Waals surface area contributed by atoms with Gasteiger partial charge in [-0.05, 0) is 58.7 Å². The summed E-state index contributed by atoms with van der Waals surface area (Å²) in [6, 6.07) is 6.32. The summed E-state index contributed by atoms with van der Waals surface area (Å²) in [6.07, 6.45) is 0. The fraction of sp³-hybridized carbons (Fsp3) is 0.250. The van der Waals surface area contributed by atoms with Gasteiger partial charge in [-0.25, -0.2) is 13.2 Å². The standard InChI is InChI=1S/C16H15BrF3N/c1-3-21-16(10-5-6-11(17)13(19)8-10)14-12(18)7-4-9(2)15(14)20/h4-8,16,21H,3H2,1-2H3. The molecule has 0 heterocycles. The molecule has 21 heavy (non-hydrogen) atoms. The van der Waals surface area contributed by atoms with E-state index in [1.165, 1.54) is 24.3 Å². The van der Waals surface area contributed by atoms with E-state index < -0.39 is 23.5 Å². The molecule has 0 radical (unpaired) electrons. The predicted octanol–water partition coefficient (Wildman–Crippen LogP) is 4.87. The van der Waals surface area contributed by atoms with Crippen molar-refractivity contribution in [1.82, 2.24) is 5.32 Å². The van der Waals surface area contributed by atoms with E-state index in [0.717, 1.165) is 0 Å². The van der Waals surface area contributed by atoms with Crippen molar-refractivity contribution in [1.29, 1.82) is 0 Å². The minimum Gasteiger partial charge on any atom is -0.306 e. The molecule has 0 aliphatic carbocycles. The molecule has 0 aliphatic rings. The Morgan fingerprint density at radius 2 is 1.81 bits per heavy atom. The molecule has 2 aromatic carbocycles. The lowest BCUT2D eigenvalue weighted by Gasteiger charge is -2.21. The average Bonchev–Trinajstić information content (AvgIpc) is 2.45. The number of nitrogens with one attached hydrogen (secondary N) is 1. The molecule has 1 nitrogen and oxygen atoms in total. The second kappa shape index (κ2) is 6.62. The van der Waals surface area contributed by atoms with Crippen LogP contribution in [-0.4, -0.2) is 6.54 Å². The van der Waals surface area contributed by atoms with Gasteiger partial charge in [-0.1, -0.05) is 19.1 Å². The first-order valence-electron chi connectivity index (χ1n) is 6.58. The van der Waals surface area contributed by atoms with Crippen LogP contribution in [0.5, 0.6) is 0 Å². The van der Waals surface area contributed by atoms with Crippen molar-refractivity contribution in [2.45, 2.75) is 19.9 Å². The van der Waals surface area contributed by atoms with Gasteiger partial charge in [-0.2, -0.15) is 0 Å². The third kappa shape index (κ3) is 3.30. The molecule has 1 atom stereocenters. The molecule has 2 aromatic rings. The minimum absolute atomic E-state index is 0.0847. The molecule has 0 saturated carbocycles. The highest BCUT2D eigenvalue weighted by Gasteiger charge is 2.23. The number of hydrogen-bond acceptors (Lipinski definition) is 1. The number of rotatable bonds is 4. The monoisotopic (exact) mass is 357 g/mol. The molecule has 0 aromatic heterocycles. The summed E-state index contributed by atoms with van der Waals surface area (Å²) in [7, 11) is 0. The summed E-state index contributed by atoms with van der Waals surface area (Å²) in [5.41, 5.74) is 0.742. The maximum absolute atomic E-state index is 14.3. The zero-order valence-corrected chi connectivity index (χ0v) is 13.3. The SMILES string of the molecule is CCNC(c1ccc(Br)c(F)c1)c1c(F)ccc(C)c1F. The van der Waals surface area contributed by atoms with Crippen LogP contribution in [0.15, 0.2) is 34.8 Å². The van der Waals surface area contributed by atoms with Crippen molar-refractivity contribution in [3.8, 4) is 0 Å². The molecule has 0 saturated heterocycles. The highest BCUT2D eigenvalue weighted by molar-refractivity contribution is 9.10. The molecule has 0 aliphatic heterocycles. The van der Waals surface area contributed by atoms with Crippen molar-refractivity contribution < 1.29 is 13.2 Å². The van der Waals surface area contributed by atoms with Gasteiger partial charge >= 0.3 is 0 Å². The van der Waals surface area contributed by atoms with E-state index in [1.54, 1.807) is 13.0 Å². The number of halogens is 4. The van der Waals surface area contributed by atoms with Gasteiger partial charge in [0, 0.05) is 5.56 Å². The van der Waals surface area contributed by atoms with Gasteiger partial charge in [0.15, 0.2) is 0 Å². The molecule has 0 amide bonds.